The average Bonchev–Trinajstić information content (AvgIpc) is 3.23. The maximum absolute atomic E-state index is 12.3. The molecule has 3 aromatic rings. The van der Waals surface area contributed by atoms with Gasteiger partial charge in [0, 0.05) is 23.8 Å². The number of non-ortho nitro benzene ring substituents is 1. The molecule has 0 unspecified atom stereocenters. The van der Waals surface area contributed by atoms with Crippen LogP contribution in [0.3, 0.4) is 0 Å². The number of nitrogens with zero attached hydrogens (tertiary/aromatic N) is 3. The second-order valence-electron chi connectivity index (χ2n) is 7.38. The average molecular weight is 510 g/mol. The number of ether oxygens (including phenoxy) is 3. The standard InChI is InChI=1S/C24H16ClN3O8/c1-34-22-11-15(4-9-21(22)35-13-14-2-6-17(7-3-14)27(30)31)10-19-24(29)36-23(26-19)16-5-8-18(25)20(12-16)28(32)33/h2-12H,13H2,1H3/b19-10-. The molecular weight excluding hydrogens is 494 g/mol. The molecule has 0 saturated carbocycles. The first-order valence-corrected chi connectivity index (χ1v) is 10.6. The van der Waals surface area contributed by atoms with Crippen molar-refractivity contribution in [2.45, 2.75) is 6.61 Å². The summed E-state index contributed by atoms with van der Waals surface area (Å²) in [6.45, 7) is 0.155. The van der Waals surface area contributed by atoms with E-state index >= 15 is 0 Å². The normalized spacial score (nSPS) is 13.8. The molecule has 0 bridgehead atoms. The molecule has 0 atom stereocenters. The summed E-state index contributed by atoms with van der Waals surface area (Å²) in [5.41, 5.74) is 1.17. The molecule has 1 aliphatic heterocycles. The van der Waals surface area contributed by atoms with E-state index in [1.807, 2.05) is 0 Å². The fourth-order valence-electron chi connectivity index (χ4n) is 3.24. The summed E-state index contributed by atoms with van der Waals surface area (Å²) in [6, 6.07) is 14.9. The van der Waals surface area contributed by atoms with Gasteiger partial charge in [0.2, 0.25) is 5.90 Å². The molecule has 36 heavy (non-hydrogen) atoms. The minimum atomic E-state index is -0.722. The molecule has 0 spiro atoms. The van der Waals surface area contributed by atoms with Crippen LogP contribution < -0.4 is 9.47 Å². The molecule has 0 amide bonds. The lowest BCUT2D eigenvalue weighted by Crippen LogP contribution is -2.06. The Kier molecular flexibility index (Phi) is 6.93. The largest absolute Gasteiger partial charge is 0.493 e. The van der Waals surface area contributed by atoms with Gasteiger partial charge in [0.05, 0.1) is 17.0 Å². The van der Waals surface area contributed by atoms with Gasteiger partial charge in [-0.3, -0.25) is 20.2 Å². The van der Waals surface area contributed by atoms with Crippen LogP contribution in [0.1, 0.15) is 16.7 Å². The first-order valence-electron chi connectivity index (χ1n) is 10.3. The number of cyclic esters (lactones) is 1. The Bertz CT molecular complexity index is 1430. The lowest BCUT2D eigenvalue weighted by Gasteiger charge is -2.11. The first kappa shape index (κ1) is 24.4. The number of nitro benzene ring substituents is 2. The van der Waals surface area contributed by atoms with E-state index in [1.54, 1.807) is 30.3 Å². The van der Waals surface area contributed by atoms with Crippen LogP contribution in [-0.4, -0.2) is 28.8 Å². The Morgan fingerprint density at radius 1 is 1.00 bits per heavy atom. The Balaban J connectivity index is 1.53. The molecule has 182 valence electrons. The van der Waals surface area contributed by atoms with E-state index in [2.05, 4.69) is 4.99 Å². The Morgan fingerprint density at radius 3 is 2.42 bits per heavy atom. The zero-order valence-corrected chi connectivity index (χ0v) is 19.3. The highest BCUT2D eigenvalue weighted by Gasteiger charge is 2.26. The van der Waals surface area contributed by atoms with Gasteiger partial charge in [-0.25, -0.2) is 9.79 Å². The van der Waals surface area contributed by atoms with Crippen molar-refractivity contribution in [3.8, 4) is 11.5 Å². The van der Waals surface area contributed by atoms with Gasteiger partial charge in [-0.15, -0.1) is 0 Å². The van der Waals surface area contributed by atoms with Gasteiger partial charge in [0.25, 0.3) is 11.4 Å². The zero-order valence-electron chi connectivity index (χ0n) is 18.5. The Hall–Kier alpha value is -4.77. The van der Waals surface area contributed by atoms with E-state index in [1.165, 1.54) is 43.5 Å². The van der Waals surface area contributed by atoms with Crippen LogP contribution in [0, 0.1) is 20.2 Å². The van der Waals surface area contributed by atoms with Crippen molar-refractivity contribution in [3.05, 3.63) is 108 Å². The minimum Gasteiger partial charge on any atom is -0.493 e. The van der Waals surface area contributed by atoms with E-state index in [0.717, 1.165) is 5.56 Å². The van der Waals surface area contributed by atoms with E-state index in [4.69, 9.17) is 25.8 Å². The molecule has 3 aromatic carbocycles. The van der Waals surface area contributed by atoms with E-state index < -0.39 is 15.8 Å². The number of esters is 1. The molecule has 12 heteroatoms. The minimum absolute atomic E-state index is 0.01000. The summed E-state index contributed by atoms with van der Waals surface area (Å²) in [5.74, 6) is 0.000853. The third kappa shape index (κ3) is 5.31. The number of hydrogen-bond donors (Lipinski definition) is 0. The number of carbonyl (C=O) groups excluding carboxylic acids is 1. The summed E-state index contributed by atoms with van der Waals surface area (Å²) in [7, 11) is 1.46. The van der Waals surface area contributed by atoms with Gasteiger partial charge in [0.15, 0.2) is 17.2 Å². The van der Waals surface area contributed by atoms with Crippen LogP contribution in [0.2, 0.25) is 5.02 Å². The third-order valence-electron chi connectivity index (χ3n) is 5.04. The maximum atomic E-state index is 12.3. The van der Waals surface area contributed by atoms with Crippen molar-refractivity contribution < 1.29 is 28.9 Å². The number of methoxy groups -OCH3 is 1. The monoisotopic (exact) mass is 509 g/mol. The highest BCUT2D eigenvalue weighted by molar-refractivity contribution is 6.32. The van der Waals surface area contributed by atoms with Crippen molar-refractivity contribution in [1.82, 2.24) is 0 Å². The molecule has 1 aliphatic rings. The van der Waals surface area contributed by atoms with Gasteiger partial charge in [-0.05, 0) is 53.6 Å². The van der Waals surface area contributed by atoms with Crippen molar-refractivity contribution in [2.24, 2.45) is 4.99 Å². The van der Waals surface area contributed by atoms with Gasteiger partial charge < -0.3 is 14.2 Å². The molecule has 0 aromatic heterocycles. The van der Waals surface area contributed by atoms with Crippen LogP contribution in [0.25, 0.3) is 6.08 Å². The van der Waals surface area contributed by atoms with Crippen molar-refractivity contribution >= 4 is 40.9 Å². The van der Waals surface area contributed by atoms with Gasteiger partial charge >= 0.3 is 5.97 Å². The number of benzene rings is 3. The van der Waals surface area contributed by atoms with Crippen molar-refractivity contribution in [1.29, 1.82) is 0 Å². The number of hydrogen-bond acceptors (Lipinski definition) is 9. The predicted octanol–water partition coefficient (Wildman–Crippen LogP) is 5.09. The summed E-state index contributed by atoms with van der Waals surface area (Å²) in [4.78, 5) is 37.3. The SMILES string of the molecule is COc1cc(/C=C2\N=C(c3ccc(Cl)c([N+](=O)[O-])c3)OC2=O)ccc1OCc1ccc([N+](=O)[O-])cc1. The molecule has 0 saturated heterocycles. The summed E-state index contributed by atoms with van der Waals surface area (Å²) >= 11 is 5.83. The van der Waals surface area contributed by atoms with Crippen LogP contribution in [-0.2, 0) is 16.1 Å². The van der Waals surface area contributed by atoms with Gasteiger partial charge in [-0.1, -0.05) is 17.7 Å². The van der Waals surface area contributed by atoms with E-state index in [9.17, 15) is 25.0 Å². The fraction of sp³-hybridized carbons (Fsp3) is 0.0833. The van der Waals surface area contributed by atoms with Crippen LogP contribution >= 0.6 is 11.6 Å². The lowest BCUT2D eigenvalue weighted by atomic mass is 10.1. The number of carbonyl (C=O) groups is 1. The first-order chi connectivity index (χ1) is 17.2. The number of nitro groups is 2. The van der Waals surface area contributed by atoms with E-state index in [0.29, 0.717) is 17.1 Å². The summed E-state index contributed by atoms with van der Waals surface area (Å²) in [5, 5.41) is 21.9. The second kappa shape index (κ2) is 10.2. The third-order valence-corrected chi connectivity index (χ3v) is 5.36. The quantitative estimate of drug-likeness (QED) is 0.177. The molecule has 1 heterocycles. The van der Waals surface area contributed by atoms with Crippen LogP contribution in [0.4, 0.5) is 11.4 Å². The topological polar surface area (TPSA) is 143 Å². The second-order valence-corrected chi connectivity index (χ2v) is 7.79. The molecule has 0 fully saturated rings. The smallest absolute Gasteiger partial charge is 0.363 e. The Morgan fingerprint density at radius 2 is 1.75 bits per heavy atom. The lowest BCUT2D eigenvalue weighted by molar-refractivity contribution is -0.385. The molecule has 0 radical (unpaired) electrons. The maximum Gasteiger partial charge on any atom is 0.363 e. The molecular formula is C24H16ClN3O8. The Labute approximate surface area is 208 Å². The van der Waals surface area contributed by atoms with Gasteiger partial charge in [-0.2, -0.15) is 0 Å². The molecule has 0 N–H and O–H groups in total. The van der Waals surface area contributed by atoms with Crippen LogP contribution in [0.5, 0.6) is 11.5 Å². The number of aliphatic imine (C=N–C) groups is 1. The van der Waals surface area contributed by atoms with Crippen LogP contribution in [0.15, 0.2) is 71.4 Å². The summed E-state index contributed by atoms with van der Waals surface area (Å²) < 4.78 is 16.3. The zero-order chi connectivity index (χ0) is 25.8. The van der Waals surface area contributed by atoms with Crippen molar-refractivity contribution in [2.75, 3.05) is 7.11 Å². The molecule has 0 aliphatic carbocycles. The van der Waals surface area contributed by atoms with Crippen molar-refractivity contribution in [3.63, 3.8) is 0 Å². The highest BCUT2D eigenvalue weighted by Crippen LogP contribution is 2.31. The molecule has 11 nitrogen and oxygen atoms in total. The number of rotatable bonds is 8. The number of halogens is 1. The molecule has 4 rings (SSSR count). The van der Waals surface area contributed by atoms with Gasteiger partial charge in [0.1, 0.15) is 11.6 Å². The van der Waals surface area contributed by atoms with E-state index in [-0.39, 0.29) is 40.2 Å². The fourth-order valence-corrected chi connectivity index (χ4v) is 3.43. The highest BCUT2D eigenvalue weighted by atomic mass is 35.5. The summed E-state index contributed by atoms with van der Waals surface area (Å²) in [6.07, 6.45) is 1.47. The predicted molar refractivity (Wildman–Crippen MR) is 129 cm³/mol.